The number of thioether (sulfide) groups is 1. The largest absolute Gasteiger partial charge is 0.461 e. The zero-order valence-electron chi connectivity index (χ0n) is 18.4. The zero-order valence-corrected chi connectivity index (χ0v) is 19.2. The van der Waals surface area contributed by atoms with Gasteiger partial charge in [0.15, 0.2) is 0 Å². The molecule has 0 saturated carbocycles. The normalized spacial score (nSPS) is 30.8. The maximum absolute atomic E-state index is 13.1. The average Bonchev–Trinajstić information content (AvgIpc) is 3.10. The molecule has 3 aliphatic heterocycles. The number of fused-ring (bicyclic) bond motifs is 3. The van der Waals surface area contributed by atoms with Gasteiger partial charge >= 0.3 is 11.9 Å². The number of β-lactam (4-membered cyclic amide) rings is 1. The van der Waals surface area contributed by atoms with Gasteiger partial charge in [0, 0.05) is 11.8 Å². The van der Waals surface area contributed by atoms with Crippen molar-refractivity contribution < 1.29 is 28.7 Å². The molecule has 3 fully saturated rings. The van der Waals surface area contributed by atoms with Crippen molar-refractivity contribution in [3.8, 4) is 0 Å². The topological polar surface area (TPSA) is 102 Å². The third kappa shape index (κ3) is 3.87. The van der Waals surface area contributed by atoms with Crippen molar-refractivity contribution >= 4 is 35.5 Å². The maximum atomic E-state index is 13.1. The number of carbonyl (C=O) groups is 4. The third-order valence-electron chi connectivity index (χ3n) is 6.16. The molecule has 3 aliphatic rings. The molecule has 4 rings (SSSR count). The second-order valence-electron chi connectivity index (χ2n) is 8.99. The van der Waals surface area contributed by atoms with Gasteiger partial charge in [0.2, 0.25) is 11.8 Å². The molecule has 32 heavy (non-hydrogen) atoms. The van der Waals surface area contributed by atoms with E-state index in [0.29, 0.717) is 0 Å². The van der Waals surface area contributed by atoms with Gasteiger partial charge in [0.05, 0.1) is 36.7 Å². The molecule has 0 aromatic heterocycles. The van der Waals surface area contributed by atoms with E-state index in [1.807, 2.05) is 51.1 Å². The highest BCUT2D eigenvalue weighted by molar-refractivity contribution is 8.00. The summed E-state index contributed by atoms with van der Waals surface area (Å²) >= 11 is 1.54. The Labute approximate surface area is 191 Å². The lowest BCUT2D eigenvalue weighted by Crippen LogP contribution is -2.77. The fourth-order valence-corrected chi connectivity index (χ4v) is 6.26. The number of hydrogen-bond donors (Lipinski definition) is 1. The summed E-state index contributed by atoms with van der Waals surface area (Å²) in [6.07, 6.45) is 0.296. The first kappa shape index (κ1) is 22.6. The number of nitrogens with one attached hydrogen (secondary N) is 1. The molecule has 0 aliphatic carbocycles. The predicted octanol–water partition coefficient (Wildman–Crippen LogP) is 1.72. The van der Waals surface area contributed by atoms with Crippen LogP contribution in [0.2, 0.25) is 0 Å². The van der Waals surface area contributed by atoms with E-state index in [4.69, 9.17) is 9.47 Å². The SMILES string of the molecule is CC(C)COC(=O)[C@]12OC(=O)C[C@H]1[C@H](C)S[C@@H]1[C@H](CNC(=O)Cc3ccccc3)C(=O)N12. The van der Waals surface area contributed by atoms with Gasteiger partial charge in [-0.15, -0.1) is 11.8 Å². The van der Waals surface area contributed by atoms with Gasteiger partial charge in [-0.1, -0.05) is 51.1 Å². The average molecular weight is 461 g/mol. The van der Waals surface area contributed by atoms with Crippen LogP contribution in [-0.2, 0) is 35.1 Å². The lowest BCUT2D eigenvalue weighted by molar-refractivity contribution is -0.224. The Bertz CT molecular complexity index is 922. The van der Waals surface area contributed by atoms with Gasteiger partial charge in [0.25, 0.3) is 5.72 Å². The van der Waals surface area contributed by atoms with Gasteiger partial charge < -0.3 is 14.8 Å². The monoisotopic (exact) mass is 460 g/mol. The number of amides is 2. The van der Waals surface area contributed by atoms with E-state index in [2.05, 4.69) is 5.32 Å². The molecule has 3 heterocycles. The Morgan fingerprint density at radius 3 is 2.69 bits per heavy atom. The number of rotatable bonds is 7. The third-order valence-corrected chi connectivity index (χ3v) is 7.73. The number of ether oxygens (including phenoxy) is 2. The first-order chi connectivity index (χ1) is 15.2. The van der Waals surface area contributed by atoms with Crippen LogP contribution in [-0.4, -0.2) is 58.2 Å². The molecular formula is C23H28N2O6S. The van der Waals surface area contributed by atoms with Gasteiger partial charge in [-0.3, -0.25) is 19.3 Å². The Balaban J connectivity index is 1.47. The van der Waals surface area contributed by atoms with Crippen LogP contribution in [0.1, 0.15) is 32.8 Å². The van der Waals surface area contributed by atoms with Crippen molar-refractivity contribution in [2.75, 3.05) is 13.2 Å². The molecule has 172 valence electrons. The lowest BCUT2D eigenvalue weighted by Gasteiger charge is -2.58. The van der Waals surface area contributed by atoms with E-state index < -0.39 is 29.5 Å². The fraction of sp³-hybridized carbons (Fsp3) is 0.565. The predicted molar refractivity (Wildman–Crippen MR) is 117 cm³/mol. The molecular weight excluding hydrogens is 432 g/mol. The van der Waals surface area contributed by atoms with Gasteiger partial charge in [-0.05, 0) is 11.5 Å². The highest BCUT2D eigenvalue weighted by Crippen LogP contribution is 2.56. The highest BCUT2D eigenvalue weighted by Gasteiger charge is 2.73. The molecule has 1 N–H and O–H groups in total. The van der Waals surface area contributed by atoms with Crippen LogP contribution >= 0.6 is 11.8 Å². The Morgan fingerprint density at radius 2 is 2.00 bits per heavy atom. The first-order valence-corrected chi connectivity index (χ1v) is 11.9. The van der Waals surface area contributed by atoms with E-state index >= 15 is 0 Å². The van der Waals surface area contributed by atoms with E-state index in [9.17, 15) is 19.2 Å². The summed E-state index contributed by atoms with van der Waals surface area (Å²) in [6, 6.07) is 9.36. The van der Waals surface area contributed by atoms with Crippen molar-refractivity contribution in [1.29, 1.82) is 0 Å². The quantitative estimate of drug-likeness (QED) is 0.488. The van der Waals surface area contributed by atoms with Crippen LogP contribution < -0.4 is 5.32 Å². The molecule has 0 unspecified atom stereocenters. The molecule has 1 aromatic carbocycles. The van der Waals surface area contributed by atoms with E-state index in [0.717, 1.165) is 5.56 Å². The number of hydrogen-bond acceptors (Lipinski definition) is 7. The van der Waals surface area contributed by atoms with Gasteiger partial charge in [-0.2, -0.15) is 0 Å². The molecule has 3 saturated heterocycles. The molecule has 0 bridgehead atoms. The molecule has 1 aromatic rings. The number of carbonyl (C=O) groups excluding carboxylic acids is 4. The summed E-state index contributed by atoms with van der Waals surface area (Å²) in [5, 5.41) is 2.37. The lowest BCUT2D eigenvalue weighted by atomic mass is 9.84. The Hall–Kier alpha value is -2.55. The molecule has 8 nitrogen and oxygen atoms in total. The molecule has 2 amide bonds. The number of nitrogens with zero attached hydrogens (tertiary/aromatic N) is 1. The van der Waals surface area contributed by atoms with E-state index in [1.54, 1.807) is 0 Å². The Kier molecular flexibility index (Phi) is 6.20. The van der Waals surface area contributed by atoms with Crippen molar-refractivity contribution in [1.82, 2.24) is 10.2 Å². The number of esters is 2. The minimum atomic E-state index is -1.71. The smallest absolute Gasteiger partial charge is 0.373 e. The van der Waals surface area contributed by atoms with Crippen LogP contribution in [0.4, 0.5) is 0 Å². The summed E-state index contributed by atoms with van der Waals surface area (Å²) in [5.41, 5.74) is -0.817. The van der Waals surface area contributed by atoms with Crippen LogP contribution in [0, 0.1) is 17.8 Å². The minimum Gasteiger partial charge on any atom is -0.461 e. The van der Waals surface area contributed by atoms with Crippen molar-refractivity contribution in [2.24, 2.45) is 17.8 Å². The second kappa shape index (κ2) is 8.77. The second-order valence-corrected chi connectivity index (χ2v) is 10.5. The van der Waals surface area contributed by atoms with Gasteiger partial charge in [-0.25, -0.2) is 4.79 Å². The van der Waals surface area contributed by atoms with Crippen molar-refractivity contribution in [3.63, 3.8) is 0 Å². The summed E-state index contributed by atoms with van der Waals surface area (Å²) in [6.45, 7) is 6.11. The molecule has 0 spiro atoms. The van der Waals surface area contributed by atoms with E-state index in [-0.39, 0.29) is 54.3 Å². The maximum Gasteiger partial charge on any atom is 0.373 e. The standard InChI is InChI=1S/C23H28N2O6S/c1-13(2)12-30-22(29)23-17(10-19(27)31-23)14(3)32-21-16(20(28)25(21)23)11-24-18(26)9-15-7-5-4-6-8-15/h4-8,13-14,16-17,21H,9-12H2,1-3H3,(H,24,26)/t14-,16+,17-,21+,23+/m0/s1. The summed E-state index contributed by atoms with van der Waals surface area (Å²) in [7, 11) is 0. The Morgan fingerprint density at radius 1 is 1.28 bits per heavy atom. The number of benzene rings is 1. The molecule has 5 atom stereocenters. The van der Waals surface area contributed by atoms with Crippen molar-refractivity contribution in [2.45, 2.75) is 50.0 Å². The molecule has 0 radical (unpaired) electrons. The molecule has 9 heteroatoms. The van der Waals surface area contributed by atoms with E-state index in [1.165, 1.54) is 16.7 Å². The minimum absolute atomic E-state index is 0.0694. The summed E-state index contributed by atoms with van der Waals surface area (Å²) in [4.78, 5) is 52.2. The van der Waals surface area contributed by atoms with Gasteiger partial charge in [0.1, 0.15) is 0 Å². The van der Waals surface area contributed by atoms with Crippen molar-refractivity contribution in [3.05, 3.63) is 35.9 Å². The highest BCUT2D eigenvalue weighted by atomic mass is 32.2. The van der Waals surface area contributed by atoms with Crippen LogP contribution in [0.15, 0.2) is 30.3 Å². The van der Waals surface area contributed by atoms with Crippen LogP contribution in [0.25, 0.3) is 0 Å². The summed E-state index contributed by atoms with van der Waals surface area (Å²) in [5.74, 6) is -2.51. The summed E-state index contributed by atoms with van der Waals surface area (Å²) < 4.78 is 11.0. The zero-order chi connectivity index (χ0) is 23.0. The van der Waals surface area contributed by atoms with Crippen LogP contribution in [0.5, 0.6) is 0 Å². The van der Waals surface area contributed by atoms with Crippen LogP contribution in [0.3, 0.4) is 0 Å². The fourth-order valence-electron chi connectivity index (χ4n) is 4.56. The first-order valence-electron chi connectivity index (χ1n) is 10.9.